The Labute approximate surface area is 171 Å². The van der Waals surface area contributed by atoms with Gasteiger partial charge < -0.3 is 19.4 Å². The second-order valence-corrected chi connectivity index (χ2v) is 7.68. The highest BCUT2D eigenvalue weighted by atomic mass is 16.5. The zero-order chi connectivity index (χ0) is 20.4. The molecule has 2 aliphatic heterocycles. The third kappa shape index (κ3) is 3.79. The van der Waals surface area contributed by atoms with Gasteiger partial charge in [0.2, 0.25) is 11.8 Å². The first-order valence-electron chi connectivity index (χ1n) is 10.1. The van der Waals surface area contributed by atoms with Gasteiger partial charge in [-0.25, -0.2) is 0 Å². The van der Waals surface area contributed by atoms with Crippen LogP contribution in [0.15, 0.2) is 48.5 Å². The van der Waals surface area contributed by atoms with E-state index in [9.17, 15) is 9.59 Å². The highest BCUT2D eigenvalue weighted by Gasteiger charge is 2.38. The second-order valence-electron chi connectivity index (χ2n) is 7.68. The lowest BCUT2D eigenvalue weighted by Crippen LogP contribution is -2.50. The maximum absolute atomic E-state index is 13.1. The molecule has 2 aromatic carbocycles. The fourth-order valence-corrected chi connectivity index (χ4v) is 4.30. The van der Waals surface area contributed by atoms with E-state index in [0.717, 1.165) is 18.8 Å². The summed E-state index contributed by atoms with van der Waals surface area (Å²) in [6, 6.07) is 15.8. The van der Waals surface area contributed by atoms with Crippen molar-refractivity contribution < 1.29 is 14.3 Å². The van der Waals surface area contributed by atoms with Crippen LogP contribution in [0, 0.1) is 12.8 Å². The topological polar surface area (TPSA) is 53.1 Å². The summed E-state index contributed by atoms with van der Waals surface area (Å²) in [5.41, 5.74) is 3.22. The summed E-state index contributed by atoms with van der Waals surface area (Å²) in [7, 11) is 1.59. The molecule has 2 saturated heterocycles. The summed E-state index contributed by atoms with van der Waals surface area (Å²) in [5.74, 6) is 0.421. The van der Waals surface area contributed by atoms with Crippen LogP contribution in [0.5, 0.6) is 5.75 Å². The van der Waals surface area contributed by atoms with Crippen LogP contribution in [0.1, 0.15) is 12.0 Å². The van der Waals surface area contributed by atoms with Crippen LogP contribution in [0.25, 0.3) is 0 Å². The third-order valence-corrected chi connectivity index (χ3v) is 5.90. The summed E-state index contributed by atoms with van der Waals surface area (Å²) >= 11 is 0. The van der Waals surface area contributed by atoms with Crippen molar-refractivity contribution in [3.63, 3.8) is 0 Å². The van der Waals surface area contributed by atoms with Crippen molar-refractivity contribution in [2.75, 3.05) is 49.6 Å². The standard InChI is InChI=1S/C23H27N3O3/c1-17-7-3-4-8-19(17)24-11-13-25(14-12-24)23(28)18-15-22(27)26(16-18)20-9-5-6-10-21(20)29-2/h3-10,18H,11-16H2,1-2H3. The Bertz CT molecular complexity index is 906. The predicted molar refractivity (Wildman–Crippen MR) is 113 cm³/mol. The summed E-state index contributed by atoms with van der Waals surface area (Å²) in [5, 5.41) is 0. The van der Waals surface area contributed by atoms with E-state index in [2.05, 4.69) is 30.0 Å². The molecule has 4 rings (SSSR count). The number of anilines is 2. The minimum atomic E-state index is -0.294. The number of rotatable bonds is 4. The molecule has 0 N–H and O–H groups in total. The lowest BCUT2D eigenvalue weighted by molar-refractivity contribution is -0.136. The Morgan fingerprint density at radius 1 is 0.966 bits per heavy atom. The first-order chi connectivity index (χ1) is 14.1. The van der Waals surface area contributed by atoms with Gasteiger partial charge in [0, 0.05) is 44.8 Å². The number of benzene rings is 2. The van der Waals surface area contributed by atoms with Crippen LogP contribution < -0.4 is 14.5 Å². The van der Waals surface area contributed by atoms with Crippen molar-refractivity contribution in [2.45, 2.75) is 13.3 Å². The van der Waals surface area contributed by atoms with E-state index in [-0.39, 0.29) is 24.2 Å². The Balaban J connectivity index is 1.40. The number of methoxy groups -OCH3 is 1. The van der Waals surface area contributed by atoms with Gasteiger partial charge in [-0.3, -0.25) is 9.59 Å². The molecule has 2 aromatic rings. The van der Waals surface area contributed by atoms with Gasteiger partial charge in [0.15, 0.2) is 0 Å². The smallest absolute Gasteiger partial charge is 0.228 e. The molecule has 2 fully saturated rings. The van der Waals surface area contributed by atoms with Crippen LogP contribution in [-0.4, -0.2) is 56.5 Å². The Morgan fingerprint density at radius 3 is 2.31 bits per heavy atom. The molecule has 0 saturated carbocycles. The summed E-state index contributed by atoms with van der Waals surface area (Å²) in [4.78, 5) is 31.6. The molecule has 2 heterocycles. The fourth-order valence-electron chi connectivity index (χ4n) is 4.30. The molecule has 6 nitrogen and oxygen atoms in total. The third-order valence-electron chi connectivity index (χ3n) is 5.90. The minimum absolute atomic E-state index is 0.0219. The number of hydrogen-bond acceptors (Lipinski definition) is 4. The zero-order valence-electron chi connectivity index (χ0n) is 17.0. The van der Waals surface area contributed by atoms with Gasteiger partial charge in [-0.2, -0.15) is 0 Å². The number of amides is 2. The Kier molecular flexibility index (Phi) is 5.43. The number of para-hydroxylation sites is 3. The molecule has 1 atom stereocenters. The number of carbonyl (C=O) groups excluding carboxylic acids is 2. The highest BCUT2D eigenvalue weighted by molar-refractivity contribution is 6.01. The van der Waals surface area contributed by atoms with Crippen molar-refractivity contribution >= 4 is 23.2 Å². The van der Waals surface area contributed by atoms with E-state index in [0.29, 0.717) is 25.4 Å². The van der Waals surface area contributed by atoms with E-state index >= 15 is 0 Å². The van der Waals surface area contributed by atoms with Gasteiger partial charge in [0.1, 0.15) is 5.75 Å². The average Bonchev–Trinajstić information content (AvgIpc) is 3.15. The van der Waals surface area contributed by atoms with Gasteiger partial charge in [-0.1, -0.05) is 30.3 Å². The number of carbonyl (C=O) groups is 2. The first-order valence-corrected chi connectivity index (χ1v) is 10.1. The summed E-state index contributed by atoms with van der Waals surface area (Å²) in [6.45, 7) is 5.53. The molecule has 0 spiro atoms. The lowest BCUT2D eigenvalue weighted by Gasteiger charge is -2.37. The Hall–Kier alpha value is -3.02. The van der Waals surface area contributed by atoms with Crippen molar-refractivity contribution in [3.8, 4) is 5.75 Å². The number of ether oxygens (including phenoxy) is 1. The summed E-state index contributed by atoms with van der Waals surface area (Å²) in [6.07, 6.45) is 0.259. The zero-order valence-corrected chi connectivity index (χ0v) is 17.0. The molecule has 0 bridgehead atoms. The number of nitrogens with zero attached hydrogens (tertiary/aromatic N) is 3. The van der Waals surface area contributed by atoms with E-state index in [1.165, 1.54) is 11.3 Å². The molecule has 152 valence electrons. The van der Waals surface area contributed by atoms with E-state index < -0.39 is 0 Å². The maximum atomic E-state index is 13.1. The number of piperazine rings is 1. The molecule has 0 radical (unpaired) electrons. The van der Waals surface area contributed by atoms with Gasteiger partial charge in [-0.05, 0) is 30.7 Å². The van der Waals surface area contributed by atoms with Crippen molar-refractivity contribution in [1.29, 1.82) is 0 Å². The van der Waals surface area contributed by atoms with Gasteiger partial charge >= 0.3 is 0 Å². The molecule has 2 aliphatic rings. The normalized spacial score (nSPS) is 19.6. The molecular formula is C23H27N3O3. The molecule has 0 aliphatic carbocycles. The molecule has 2 amide bonds. The molecular weight excluding hydrogens is 366 g/mol. The minimum Gasteiger partial charge on any atom is -0.495 e. The van der Waals surface area contributed by atoms with E-state index in [1.54, 1.807) is 12.0 Å². The van der Waals surface area contributed by atoms with Crippen LogP contribution in [0.3, 0.4) is 0 Å². The van der Waals surface area contributed by atoms with E-state index in [4.69, 9.17) is 4.74 Å². The number of aryl methyl sites for hydroxylation is 1. The highest BCUT2D eigenvalue weighted by Crippen LogP contribution is 2.33. The number of hydrogen-bond donors (Lipinski definition) is 0. The van der Waals surface area contributed by atoms with Gasteiger partial charge in [0.05, 0.1) is 18.7 Å². The quantitative estimate of drug-likeness (QED) is 0.802. The van der Waals surface area contributed by atoms with Gasteiger partial charge in [0.25, 0.3) is 0 Å². The molecule has 0 aromatic heterocycles. The summed E-state index contributed by atoms with van der Waals surface area (Å²) < 4.78 is 5.39. The van der Waals surface area contributed by atoms with Crippen molar-refractivity contribution in [3.05, 3.63) is 54.1 Å². The molecule has 1 unspecified atom stereocenters. The predicted octanol–water partition coefficient (Wildman–Crippen LogP) is 2.71. The maximum Gasteiger partial charge on any atom is 0.228 e. The van der Waals surface area contributed by atoms with Crippen LogP contribution in [0.4, 0.5) is 11.4 Å². The van der Waals surface area contributed by atoms with Crippen molar-refractivity contribution in [1.82, 2.24) is 4.90 Å². The molecule has 6 heteroatoms. The largest absolute Gasteiger partial charge is 0.495 e. The van der Waals surface area contributed by atoms with E-state index in [1.807, 2.05) is 35.2 Å². The van der Waals surface area contributed by atoms with Gasteiger partial charge in [-0.15, -0.1) is 0 Å². The van der Waals surface area contributed by atoms with Crippen molar-refractivity contribution in [2.24, 2.45) is 5.92 Å². The Morgan fingerprint density at radius 2 is 1.62 bits per heavy atom. The monoisotopic (exact) mass is 393 g/mol. The molecule has 29 heavy (non-hydrogen) atoms. The lowest BCUT2D eigenvalue weighted by atomic mass is 10.1. The first kappa shape index (κ1) is 19.3. The SMILES string of the molecule is COc1ccccc1N1CC(C(=O)N2CCN(c3ccccc3C)CC2)CC1=O. The fraction of sp³-hybridized carbons (Fsp3) is 0.391. The van der Waals surface area contributed by atoms with Crippen LogP contribution in [-0.2, 0) is 9.59 Å². The second kappa shape index (κ2) is 8.15. The van der Waals surface area contributed by atoms with Crippen LogP contribution in [0.2, 0.25) is 0 Å². The average molecular weight is 393 g/mol. The van der Waals surface area contributed by atoms with Crippen LogP contribution >= 0.6 is 0 Å².